The van der Waals surface area contributed by atoms with Crippen molar-refractivity contribution in [3.63, 3.8) is 0 Å². The van der Waals surface area contributed by atoms with Gasteiger partial charge >= 0.3 is 5.97 Å². The lowest BCUT2D eigenvalue weighted by atomic mass is 10.0. The number of nitro groups is 1. The van der Waals surface area contributed by atoms with Gasteiger partial charge < -0.3 is 10.4 Å². The van der Waals surface area contributed by atoms with E-state index in [1.165, 1.54) is 6.07 Å². The third-order valence-corrected chi connectivity index (χ3v) is 3.06. The second-order valence-electron chi connectivity index (χ2n) is 4.76. The highest BCUT2D eigenvalue weighted by Crippen LogP contribution is 2.21. The van der Waals surface area contributed by atoms with Gasteiger partial charge in [-0.25, -0.2) is 0 Å². The molecule has 0 aliphatic rings. The summed E-state index contributed by atoms with van der Waals surface area (Å²) in [6.45, 7) is 5.58. The van der Waals surface area contributed by atoms with Crippen molar-refractivity contribution in [3.8, 4) is 0 Å². The van der Waals surface area contributed by atoms with Crippen molar-refractivity contribution in [2.24, 2.45) is 5.92 Å². The first-order chi connectivity index (χ1) is 8.84. The van der Waals surface area contributed by atoms with E-state index < -0.39 is 16.9 Å². The fourth-order valence-electron chi connectivity index (χ4n) is 1.89. The van der Waals surface area contributed by atoms with Gasteiger partial charge in [-0.15, -0.1) is 0 Å². The molecule has 0 aliphatic heterocycles. The monoisotopic (exact) mass is 266 g/mol. The molecule has 0 saturated carbocycles. The number of carbonyl (C=O) groups is 1. The molecule has 2 N–H and O–H groups in total. The van der Waals surface area contributed by atoms with E-state index in [4.69, 9.17) is 5.11 Å². The Kier molecular flexibility index (Phi) is 5.00. The van der Waals surface area contributed by atoms with Crippen LogP contribution < -0.4 is 5.32 Å². The Morgan fingerprint density at radius 3 is 2.58 bits per heavy atom. The van der Waals surface area contributed by atoms with Crippen LogP contribution >= 0.6 is 0 Å². The van der Waals surface area contributed by atoms with Crippen LogP contribution in [0.4, 0.5) is 5.69 Å². The smallest absolute Gasteiger partial charge is 0.320 e. The maximum atomic E-state index is 11.1. The third-order valence-electron chi connectivity index (χ3n) is 3.06. The first-order valence-electron chi connectivity index (χ1n) is 6.03. The maximum Gasteiger partial charge on any atom is 0.320 e. The fourth-order valence-corrected chi connectivity index (χ4v) is 1.89. The average molecular weight is 266 g/mol. The lowest BCUT2D eigenvalue weighted by Gasteiger charge is -2.18. The molecule has 0 aliphatic carbocycles. The lowest BCUT2D eigenvalue weighted by Crippen LogP contribution is -2.40. The average Bonchev–Trinajstić information content (AvgIpc) is 2.30. The normalized spacial score (nSPS) is 12.4. The minimum Gasteiger partial charge on any atom is -0.480 e. The predicted octanol–water partition coefficient (Wildman–Crippen LogP) is 2.10. The molecule has 0 saturated heterocycles. The molecular formula is C13H18N2O4. The van der Waals surface area contributed by atoms with E-state index in [-0.39, 0.29) is 11.6 Å². The first kappa shape index (κ1) is 15.1. The number of carboxylic acids is 1. The molecular weight excluding hydrogens is 248 g/mol. The van der Waals surface area contributed by atoms with Crippen molar-refractivity contribution >= 4 is 11.7 Å². The molecule has 1 aromatic carbocycles. The molecule has 1 atom stereocenters. The van der Waals surface area contributed by atoms with Crippen LogP contribution in [0.5, 0.6) is 0 Å². The maximum absolute atomic E-state index is 11.1. The Balaban J connectivity index is 2.86. The van der Waals surface area contributed by atoms with Gasteiger partial charge in [0.1, 0.15) is 6.04 Å². The Hall–Kier alpha value is -1.95. The number of nitrogens with one attached hydrogen (secondary N) is 1. The summed E-state index contributed by atoms with van der Waals surface area (Å²) in [4.78, 5) is 21.4. The molecule has 0 radical (unpaired) electrons. The van der Waals surface area contributed by atoms with E-state index in [0.29, 0.717) is 12.1 Å². The van der Waals surface area contributed by atoms with Crippen LogP contribution in [0.15, 0.2) is 18.2 Å². The highest BCUT2D eigenvalue weighted by Gasteiger charge is 2.21. The molecule has 0 bridgehead atoms. The minimum atomic E-state index is -0.918. The van der Waals surface area contributed by atoms with Crippen LogP contribution in [0.25, 0.3) is 0 Å². The number of aliphatic carboxylic acids is 1. The van der Waals surface area contributed by atoms with Crippen molar-refractivity contribution in [3.05, 3.63) is 39.4 Å². The Morgan fingerprint density at radius 2 is 2.11 bits per heavy atom. The molecule has 19 heavy (non-hydrogen) atoms. The summed E-state index contributed by atoms with van der Waals surface area (Å²) in [6, 6.07) is 4.14. The van der Waals surface area contributed by atoms with Crippen LogP contribution in [-0.2, 0) is 11.3 Å². The Morgan fingerprint density at radius 1 is 1.47 bits per heavy atom. The van der Waals surface area contributed by atoms with Crippen molar-refractivity contribution < 1.29 is 14.8 Å². The standard InChI is InChI=1S/C13H18N2O4/c1-8(2)12(13(16)17)14-7-10-5-4-6-11(9(10)3)15(18)19/h4-6,8,12,14H,7H2,1-3H3,(H,16,17). The molecule has 1 rings (SSSR count). The van der Waals surface area contributed by atoms with Crippen LogP contribution in [0, 0.1) is 23.0 Å². The number of nitro benzene ring substituents is 1. The van der Waals surface area contributed by atoms with Crippen molar-refractivity contribution in [2.45, 2.75) is 33.4 Å². The summed E-state index contributed by atoms with van der Waals surface area (Å²) in [6.07, 6.45) is 0. The van der Waals surface area contributed by atoms with E-state index >= 15 is 0 Å². The molecule has 104 valence electrons. The van der Waals surface area contributed by atoms with Crippen LogP contribution in [0.1, 0.15) is 25.0 Å². The van der Waals surface area contributed by atoms with Crippen molar-refractivity contribution in [1.82, 2.24) is 5.32 Å². The van der Waals surface area contributed by atoms with Gasteiger partial charge in [0.05, 0.1) is 4.92 Å². The van der Waals surface area contributed by atoms with Gasteiger partial charge in [-0.3, -0.25) is 14.9 Å². The summed E-state index contributed by atoms with van der Waals surface area (Å²) in [5.74, 6) is -0.977. The fraction of sp³-hybridized carbons (Fsp3) is 0.462. The van der Waals surface area contributed by atoms with Crippen molar-refractivity contribution in [2.75, 3.05) is 0 Å². The molecule has 0 amide bonds. The van der Waals surface area contributed by atoms with E-state index in [9.17, 15) is 14.9 Å². The number of hydrogen-bond donors (Lipinski definition) is 2. The second kappa shape index (κ2) is 6.29. The number of rotatable bonds is 6. The first-order valence-corrected chi connectivity index (χ1v) is 6.03. The van der Waals surface area contributed by atoms with E-state index in [0.717, 1.165) is 5.56 Å². The predicted molar refractivity (Wildman–Crippen MR) is 70.9 cm³/mol. The number of hydrogen-bond acceptors (Lipinski definition) is 4. The van der Waals surface area contributed by atoms with Gasteiger partial charge in [0.2, 0.25) is 0 Å². The molecule has 1 aromatic rings. The minimum absolute atomic E-state index is 0.0516. The zero-order valence-electron chi connectivity index (χ0n) is 11.2. The third kappa shape index (κ3) is 3.75. The van der Waals surface area contributed by atoms with E-state index in [2.05, 4.69) is 5.32 Å². The SMILES string of the molecule is Cc1c(CNC(C(=O)O)C(C)C)cccc1[N+](=O)[O-]. The molecule has 6 heteroatoms. The van der Waals surface area contributed by atoms with Crippen LogP contribution in [0.2, 0.25) is 0 Å². The number of nitrogens with zero attached hydrogens (tertiary/aromatic N) is 1. The molecule has 0 fully saturated rings. The molecule has 0 heterocycles. The molecule has 0 aromatic heterocycles. The lowest BCUT2D eigenvalue weighted by molar-refractivity contribution is -0.385. The largest absolute Gasteiger partial charge is 0.480 e. The summed E-state index contributed by atoms with van der Waals surface area (Å²) >= 11 is 0. The van der Waals surface area contributed by atoms with E-state index in [1.54, 1.807) is 19.1 Å². The molecule has 0 spiro atoms. The van der Waals surface area contributed by atoms with Gasteiger partial charge in [-0.05, 0) is 18.4 Å². The van der Waals surface area contributed by atoms with Gasteiger partial charge in [-0.1, -0.05) is 26.0 Å². The summed E-state index contributed by atoms with van der Waals surface area (Å²) < 4.78 is 0. The highest BCUT2D eigenvalue weighted by atomic mass is 16.6. The Bertz CT molecular complexity index is 486. The van der Waals surface area contributed by atoms with Crippen LogP contribution in [0.3, 0.4) is 0 Å². The van der Waals surface area contributed by atoms with Crippen LogP contribution in [-0.4, -0.2) is 22.0 Å². The molecule has 1 unspecified atom stereocenters. The Labute approximate surface area is 111 Å². The topological polar surface area (TPSA) is 92.5 Å². The summed E-state index contributed by atoms with van der Waals surface area (Å²) in [5.41, 5.74) is 1.35. The zero-order chi connectivity index (χ0) is 14.6. The van der Waals surface area contributed by atoms with Gasteiger partial charge in [0.15, 0.2) is 0 Å². The zero-order valence-corrected chi connectivity index (χ0v) is 11.2. The summed E-state index contributed by atoms with van der Waals surface area (Å²) in [5, 5.41) is 22.8. The highest BCUT2D eigenvalue weighted by molar-refractivity contribution is 5.73. The van der Waals surface area contributed by atoms with Gasteiger partial charge in [0, 0.05) is 18.2 Å². The van der Waals surface area contributed by atoms with Gasteiger partial charge in [0.25, 0.3) is 5.69 Å². The number of benzene rings is 1. The quantitative estimate of drug-likeness (QED) is 0.607. The number of carboxylic acid groups (broad SMARTS) is 1. The summed E-state index contributed by atoms with van der Waals surface area (Å²) in [7, 11) is 0. The second-order valence-corrected chi connectivity index (χ2v) is 4.76. The van der Waals surface area contributed by atoms with Gasteiger partial charge in [-0.2, -0.15) is 0 Å². The van der Waals surface area contributed by atoms with Crippen molar-refractivity contribution in [1.29, 1.82) is 0 Å². The molecule has 6 nitrogen and oxygen atoms in total. The van der Waals surface area contributed by atoms with E-state index in [1.807, 2.05) is 13.8 Å².